The van der Waals surface area contributed by atoms with Crippen LogP contribution < -0.4 is 24.3 Å². The molecular formula is C42H43N3O11S. The molecule has 12 rings (SSSR count). The summed E-state index contributed by atoms with van der Waals surface area (Å²) in [5, 5.41) is 39.7. The van der Waals surface area contributed by atoms with Crippen LogP contribution in [0.1, 0.15) is 82.3 Å². The number of aryl methyl sites for hydroxylation is 1. The summed E-state index contributed by atoms with van der Waals surface area (Å²) in [7, 11) is 1.55. The monoisotopic (exact) mass is 797 g/mol. The van der Waals surface area contributed by atoms with Crippen molar-refractivity contribution in [2.75, 3.05) is 39.4 Å². The summed E-state index contributed by atoms with van der Waals surface area (Å²) in [6, 6.07) is 7.33. The van der Waals surface area contributed by atoms with Crippen molar-refractivity contribution in [1.29, 1.82) is 0 Å². The molecule has 0 unspecified atom stereocenters. The highest BCUT2D eigenvalue weighted by molar-refractivity contribution is 7.99. The molecule has 3 aromatic carbocycles. The van der Waals surface area contributed by atoms with E-state index in [4.69, 9.17) is 28.1 Å². The van der Waals surface area contributed by atoms with Gasteiger partial charge in [-0.1, -0.05) is 18.2 Å². The van der Waals surface area contributed by atoms with Gasteiger partial charge in [-0.3, -0.25) is 19.9 Å². The third kappa shape index (κ3) is 4.39. The lowest BCUT2D eigenvalue weighted by Gasteiger charge is -2.59. The van der Waals surface area contributed by atoms with Gasteiger partial charge < -0.3 is 43.4 Å². The number of thioether (sulfide) groups is 1. The van der Waals surface area contributed by atoms with Gasteiger partial charge in [-0.25, -0.2) is 4.79 Å². The first kappa shape index (κ1) is 35.6. The summed E-state index contributed by atoms with van der Waals surface area (Å²) in [6.45, 7) is 6.94. The Bertz CT molecular complexity index is 2470. The Morgan fingerprint density at radius 3 is 2.67 bits per heavy atom. The molecular weight excluding hydrogens is 755 g/mol. The number of phenolic OH excluding ortho intramolecular Hbond substituents is 1. The first-order valence-corrected chi connectivity index (χ1v) is 20.4. The third-order valence-electron chi connectivity index (χ3n) is 13.7. The lowest BCUT2D eigenvalue weighted by Crippen LogP contribution is -2.67. The van der Waals surface area contributed by atoms with Crippen molar-refractivity contribution >= 4 is 34.7 Å². The quantitative estimate of drug-likeness (QED) is 0.171. The van der Waals surface area contributed by atoms with E-state index in [1.807, 2.05) is 38.1 Å². The maximum atomic E-state index is 15.0. The van der Waals surface area contributed by atoms with E-state index in [-0.39, 0.29) is 38.1 Å². The molecule has 1 aromatic heterocycles. The van der Waals surface area contributed by atoms with E-state index in [1.165, 1.54) is 18.7 Å². The number of nitrogens with zero attached hydrogens (tertiary/aromatic N) is 2. The number of nitrogens with one attached hydrogen (secondary N) is 1. The van der Waals surface area contributed by atoms with Crippen LogP contribution in [-0.4, -0.2) is 94.3 Å². The number of hydrogen-bond donors (Lipinski definition) is 4. The molecule has 0 radical (unpaired) electrons. The minimum absolute atomic E-state index is 0.0494. The van der Waals surface area contributed by atoms with E-state index in [0.717, 1.165) is 27.6 Å². The van der Waals surface area contributed by atoms with Crippen molar-refractivity contribution in [3.63, 3.8) is 0 Å². The van der Waals surface area contributed by atoms with Crippen LogP contribution in [0.25, 0.3) is 11.0 Å². The number of piperazine rings is 1. The van der Waals surface area contributed by atoms with Crippen molar-refractivity contribution in [2.45, 2.75) is 86.8 Å². The first-order valence-electron chi connectivity index (χ1n) is 19.4. The number of furan rings is 1. The highest BCUT2D eigenvalue weighted by Gasteiger charge is 2.72. The largest absolute Gasteiger partial charge is 0.504 e. The fraction of sp³-hybridized carbons (Fsp3) is 0.476. The molecule has 1 spiro atoms. The van der Waals surface area contributed by atoms with Crippen LogP contribution in [0.4, 0.5) is 0 Å². The van der Waals surface area contributed by atoms with E-state index in [1.54, 1.807) is 7.11 Å². The molecule has 9 heterocycles. The summed E-state index contributed by atoms with van der Waals surface area (Å²) < 4.78 is 37.3. The molecule has 8 aliphatic rings. The van der Waals surface area contributed by atoms with Gasteiger partial charge in [-0.2, -0.15) is 0 Å². The van der Waals surface area contributed by atoms with Crippen molar-refractivity contribution in [3.8, 4) is 28.7 Å². The number of rotatable bonds is 3. The molecule has 8 aliphatic heterocycles. The molecule has 4 aromatic rings. The molecule has 57 heavy (non-hydrogen) atoms. The van der Waals surface area contributed by atoms with E-state index < -0.39 is 58.2 Å². The number of aromatic hydroxyl groups is 1. The van der Waals surface area contributed by atoms with Crippen LogP contribution in [0.5, 0.6) is 28.7 Å². The molecule has 8 atom stereocenters. The third-order valence-corrected chi connectivity index (χ3v) is 15.2. The van der Waals surface area contributed by atoms with Crippen molar-refractivity contribution < 1.29 is 53.0 Å². The maximum Gasteiger partial charge on any atom is 0.335 e. The highest BCUT2D eigenvalue weighted by Crippen LogP contribution is 2.71. The van der Waals surface area contributed by atoms with Crippen LogP contribution >= 0.6 is 11.8 Å². The summed E-state index contributed by atoms with van der Waals surface area (Å²) >= 11 is 1.45. The summed E-state index contributed by atoms with van der Waals surface area (Å²) in [5.41, 5.74) is 2.13. The van der Waals surface area contributed by atoms with Crippen LogP contribution in [0, 0.1) is 13.8 Å². The number of ether oxygens (including phenoxy) is 5. The van der Waals surface area contributed by atoms with E-state index in [0.29, 0.717) is 63.9 Å². The number of methoxy groups -OCH3 is 1. The second kappa shape index (κ2) is 11.8. The van der Waals surface area contributed by atoms with Crippen LogP contribution in [0.2, 0.25) is 0 Å². The topological polar surface area (TPSA) is 173 Å². The zero-order chi connectivity index (χ0) is 39.5. The van der Waals surface area contributed by atoms with E-state index in [9.17, 15) is 24.9 Å². The smallest absolute Gasteiger partial charge is 0.335 e. The van der Waals surface area contributed by atoms with Crippen LogP contribution in [0.15, 0.2) is 34.7 Å². The molecule has 0 amide bonds. The molecule has 4 bridgehead atoms. The van der Waals surface area contributed by atoms with Gasteiger partial charge >= 0.3 is 11.9 Å². The molecule has 3 saturated heterocycles. The fourth-order valence-electron chi connectivity index (χ4n) is 11.7. The highest BCUT2D eigenvalue weighted by atomic mass is 32.2. The maximum absolute atomic E-state index is 15.0. The number of hydrogen-bond acceptors (Lipinski definition) is 15. The van der Waals surface area contributed by atoms with Crippen molar-refractivity contribution in [1.82, 2.24) is 15.1 Å². The van der Waals surface area contributed by atoms with Gasteiger partial charge in [0.2, 0.25) is 6.79 Å². The number of carbonyl (C=O) groups excluding carboxylic acids is 2. The molecule has 0 aliphatic carbocycles. The minimum Gasteiger partial charge on any atom is -0.504 e. The van der Waals surface area contributed by atoms with Gasteiger partial charge in [0.1, 0.15) is 29.4 Å². The Morgan fingerprint density at radius 1 is 1.11 bits per heavy atom. The zero-order valence-corrected chi connectivity index (χ0v) is 33.0. The fourth-order valence-corrected chi connectivity index (χ4v) is 13.3. The average molecular weight is 798 g/mol. The second-order valence-electron chi connectivity index (χ2n) is 16.8. The van der Waals surface area contributed by atoms with Crippen molar-refractivity contribution in [2.24, 2.45) is 0 Å². The molecule has 0 saturated carbocycles. The number of esters is 2. The SMILES string of the molecule is COc1c(C)cc2c(c1O)[C@@H]1[C@@H]3[C@@H]4SC[C@]5(N[C@H](CO)Cc6c5oc5ccccc65)C(=O)OC[C@@H](c5c6c(c(C)c(OC(C)=O)c54)OCO6)N3[C@@]3(O)CN1[C@]2(C)C3. The van der Waals surface area contributed by atoms with Gasteiger partial charge in [-0.05, 0) is 50.5 Å². The number of aliphatic hydroxyl groups excluding tert-OH is 1. The Kier molecular flexibility index (Phi) is 7.37. The Labute approximate surface area is 331 Å². The normalized spacial score (nSPS) is 33.2. The molecule has 3 fully saturated rings. The van der Waals surface area contributed by atoms with Crippen molar-refractivity contribution in [3.05, 3.63) is 75.0 Å². The van der Waals surface area contributed by atoms with E-state index >= 15 is 0 Å². The van der Waals surface area contributed by atoms with Gasteiger partial charge in [0.15, 0.2) is 28.5 Å². The summed E-state index contributed by atoms with van der Waals surface area (Å²) in [5.74, 6) is 1.05. The van der Waals surface area contributed by atoms with Gasteiger partial charge in [-0.15, -0.1) is 11.8 Å². The number of carbonyl (C=O) groups is 2. The Balaban J connectivity index is 1.19. The van der Waals surface area contributed by atoms with E-state index in [2.05, 4.69) is 28.1 Å². The number of para-hydroxylation sites is 1. The van der Waals surface area contributed by atoms with Crippen LogP contribution in [-0.2, 0) is 31.8 Å². The second-order valence-corrected chi connectivity index (χ2v) is 17.9. The number of phenols is 1. The standard InChI is InChI=1S/C42H43N3O11S/c1-18-10-24-27(32(48)33(18)51-5)30-31-37-29-28(36-35(53-17-54-36)19(2)34(29)55-20(3)47)25(45(31)41(50)14-40(24,4)44(30)15-41)13-52-39(49)42(16-57-37)38-23(11-21(12-46)43-42)22-8-6-7-9-26(22)56-38/h6-10,21,25,30-31,37,43,46,48,50H,11-17H2,1-5H3/t21-,25-,30+,31+,37+,40+,41-,42+/m0/s1. The lowest BCUT2D eigenvalue weighted by atomic mass is 9.75. The number of benzene rings is 3. The molecule has 4 N–H and O–H groups in total. The minimum atomic E-state index is -1.53. The zero-order valence-electron chi connectivity index (χ0n) is 32.1. The number of fused-ring (bicyclic) bond motifs is 11. The van der Waals surface area contributed by atoms with Gasteiger partial charge in [0.05, 0.1) is 31.1 Å². The summed E-state index contributed by atoms with van der Waals surface area (Å²) in [6.07, 6.45) is 0.740. The average Bonchev–Trinajstić information content (AvgIpc) is 3.93. The number of aliphatic hydroxyl groups is 2. The van der Waals surface area contributed by atoms with Gasteiger partial charge in [0, 0.05) is 76.5 Å². The molecule has 14 nitrogen and oxygen atoms in total. The molecule has 298 valence electrons. The predicted octanol–water partition coefficient (Wildman–Crippen LogP) is 4.25. The van der Waals surface area contributed by atoms with Gasteiger partial charge in [0.25, 0.3) is 0 Å². The first-order chi connectivity index (χ1) is 27.3. The lowest BCUT2D eigenvalue weighted by molar-refractivity contribution is -0.196. The molecule has 15 heteroatoms. The van der Waals surface area contributed by atoms with Crippen LogP contribution in [0.3, 0.4) is 0 Å². The predicted molar refractivity (Wildman–Crippen MR) is 205 cm³/mol. The Hall–Kier alpha value is -4.51. The Morgan fingerprint density at radius 2 is 1.89 bits per heavy atom. The summed E-state index contributed by atoms with van der Waals surface area (Å²) in [4.78, 5) is 32.4.